The fraction of sp³-hybridized carbons (Fsp3) is 0.625. The third kappa shape index (κ3) is 223. The fourth-order valence-corrected chi connectivity index (χ4v) is 0.203. The smallest absolute Gasteiger partial charge is 0.302 e. The van der Waals surface area contributed by atoms with E-state index in [-0.39, 0.29) is 5.97 Å². The molecule has 0 aromatic rings. The van der Waals surface area contributed by atoms with Crippen LogP contribution in [0.5, 0.6) is 0 Å². The van der Waals surface area contributed by atoms with Gasteiger partial charge in [0.05, 0.1) is 18.7 Å². The lowest BCUT2D eigenvalue weighted by Gasteiger charge is -1.89. The van der Waals surface area contributed by atoms with Crippen molar-refractivity contribution in [1.82, 2.24) is 0 Å². The van der Waals surface area contributed by atoms with Crippen molar-refractivity contribution in [2.75, 3.05) is 6.61 Å². The minimum atomic E-state index is -0.211. The molecule has 0 aliphatic heterocycles. The van der Waals surface area contributed by atoms with Crippen molar-refractivity contribution in [1.29, 1.82) is 10.5 Å². The highest BCUT2D eigenvalue weighted by Gasteiger charge is 1.81. The third-order valence-electron chi connectivity index (χ3n) is 0.348. The van der Waals surface area contributed by atoms with Crippen LogP contribution in [0, 0.1) is 22.7 Å². The average Bonchev–Trinajstić information content (AvgIpc) is 1.89. The Kier molecular flexibility index (Phi) is 31.8. The van der Waals surface area contributed by atoms with Crippen LogP contribution in [0.2, 0.25) is 0 Å². The highest BCUT2D eigenvalue weighted by molar-refractivity contribution is 5.65. The van der Waals surface area contributed by atoms with E-state index in [1.807, 2.05) is 0 Å². The van der Waals surface area contributed by atoms with Crippen LogP contribution in [0.4, 0.5) is 0 Å². The van der Waals surface area contributed by atoms with Crippen LogP contribution in [0.1, 0.15) is 27.7 Å². The summed E-state index contributed by atoms with van der Waals surface area (Å²) < 4.78 is 4.40. The van der Waals surface area contributed by atoms with Crippen molar-refractivity contribution in [3.8, 4) is 12.1 Å². The minimum absolute atomic E-state index is 0.211. The standard InChI is InChI=1S/C4H8O2.2C2H3N/c1-3-6-4(2)5;2*1-2-3/h3H2,1-2H3;2*1H3. The summed E-state index contributed by atoms with van der Waals surface area (Å²) in [4.78, 5) is 9.82. The molecule has 0 atom stereocenters. The molecular weight excluding hydrogens is 156 g/mol. The number of ether oxygens (including phenoxy) is 1. The van der Waals surface area contributed by atoms with Gasteiger partial charge in [-0.15, -0.1) is 0 Å². The largest absolute Gasteiger partial charge is 0.466 e. The zero-order valence-electron chi connectivity index (χ0n) is 7.92. The maximum absolute atomic E-state index is 9.82. The second-order valence-electron chi connectivity index (χ2n) is 1.37. The predicted octanol–water partition coefficient (Wildman–Crippen LogP) is 1.63. The van der Waals surface area contributed by atoms with Gasteiger partial charge in [-0.3, -0.25) is 4.79 Å². The molecule has 0 bridgehead atoms. The molecule has 0 saturated heterocycles. The van der Waals surface area contributed by atoms with E-state index in [1.165, 1.54) is 20.8 Å². The van der Waals surface area contributed by atoms with E-state index in [9.17, 15) is 4.79 Å². The molecule has 12 heavy (non-hydrogen) atoms. The van der Waals surface area contributed by atoms with E-state index in [1.54, 1.807) is 19.1 Å². The van der Waals surface area contributed by atoms with Crippen molar-refractivity contribution in [2.45, 2.75) is 27.7 Å². The molecule has 0 heterocycles. The molecule has 4 nitrogen and oxygen atoms in total. The van der Waals surface area contributed by atoms with Gasteiger partial charge in [0.2, 0.25) is 0 Å². The molecule has 0 N–H and O–H groups in total. The molecule has 0 spiro atoms. The van der Waals surface area contributed by atoms with Gasteiger partial charge in [-0.1, -0.05) is 0 Å². The Hall–Kier alpha value is -1.55. The molecule has 0 aliphatic carbocycles. The first-order valence-electron chi connectivity index (χ1n) is 3.35. The van der Waals surface area contributed by atoms with Crippen molar-refractivity contribution >= 4 is 5.97 Å². The third-order valence-corrected chi connectivity index (χ3v) is 0.348. The molecular formula is C8H14N2O2. The van der Waals surface area contributed by atoms with Gasteiger partial charge in [0.25, 0.3) is 0 Å². The van der Waals surface area contributed by atoms with E-state index in [2.05, 4.69) is 4.74 Å². The Labute approximate surface area is 73.4 Å². The van der Waals surface area contributed by atoms with Gasteiger partial charge in [0.15, 0.2) is 0 Å². The van der Waals surface area contributed by atoms with Gasteiger partial charge in [0, 0.05) is 20.8 Å². The quantitative estimate of drug-likeness (QED) is 0.560. The van der Waals surface area contributed by atoms with Crippen LogP contribution < -0.4 is 0 Å². The van der Waals surface area contributed by atoms with Gasteiger partial charge in [-0.25, -0.2) is 0 Å². The lowest BCUT2D eigenvalue weighted by Crippen LogP contribution is -1.95. The molecule has 4 heteroatoms. The second-order valence-corrected chi connectivity index (χ2v) is 1.37. The van der Waals surface area contributed by atoms with E-state index >= 15 is 0 Å². The number of esters is 1. The molecule has 0 unspecified atom stereocenters. The maximum Gasteiger partial charge on any atom is 0.302 e. The molecule has 0 amide bonds. The molecule has 0 aromatic carbocycles. The molecule has 68 valence electrons. The van der Waals surface area contributed by atoms with Crippen LogP contribution in [-0.2, 0) is 9.53 Å². The summed E-state index contributed by atoms with van der Waals surface area (Å²) in [5.41, 5.74) is 0. The SMILES string of the molecule is CC#N.CC#N.CCOC(C)=O. The van der Waals surface area contributed by atoms with Crippen molar-refractivity contribution in [3.63, 3.8) is 0 Å². The summed E-state index contributed by atoms with van der Waals surface area (Å²) in [7, 11) is 0. The van der Waals surface area contributed by atoms with Gasteiger partial charge >= 0.3 is 5.97 Å². The first-order chi connectivity index (χ1) is 5.60. The Morgan fingerprint density at radius 2 is 1.58 bits per heavy atom. The molecule has 0 aliphatic rings. The molecule has 0 radical (unpaired) electrons. The number of carbonyl (C=O) groups is 1. The Morgan fingerprint density at radius 3 is 1.58 bits per heavy atom. The van der Waals surface area contributed by atoms with E-state index in [0.29, 0.717) is 6.61 Å². The van der Waals surface area contributed by atoms with Crippen LogP contribution in [0.3, 0.4) is 0 Å². The average molecular weight is 170 g/mol. The van der Waals surface area contributed by atoms with Crippen LogP contribution in [-0.4, -0.2) is 12.6 Å². The van der Waals surface area contributed by atoms with E-state index in [4.69, 9.17) is 10.5 Å². The zero-order valence-corrected chi connectivity index (χ0v) is 7.92. The maximum atomic E-state index is 9.82. The zero-order chi connectivity index (χ0) is 10.4. The molecule has 0 saturated carbocycles. The summed E-state index contributed by atoms with van der Waals surface area (Å²) in [5.74, 6) is -0.211. The van der Waals surface area contributed by atoms with Gasteiger partial charge in [-0.05, 0) is 6.92 Å². The van der Waals surface area contributed by atoms with Crippen LogP contribution >= 0.6 is 0 Å². The summed E-state index contributed by atoms with van der Waals surface area (Å²) in [6, 6.07) is 3.50. The van der Waals surface area contributed by atoms with Crippen molar-refractivity contribution in [2.24, 2.45) is 0 Å². The summed E-state index contributed by atoms with van der Waals surface area (Å²) in [6.07, 6.45) is 0. The van der Waals surface area contributed by atoms with Crippen LogP contribution in [0.15, 0.2) is 0 Å². The normalized spacial score (nSPS) is 5.17. The van der Waals surface area contributed by atoms with Gasteiger partial charge in [-0.2, -0.15) is 10.5 Å². The number of hydrogen-bond donors (Lipinski definition) is 0. The van der Waals surface area contributed by atoms with E-state index in [0.717, 1.165) is 0 Å². The first-order valence-corrected chi connectivity index (χ1v) is 3.35. The highest BCUT2D eigenvalue weighted by Crippen LogP contribution is 1.69. The Balaban J connectivity index is -0.000000115. The number of nitriles is 2. The predicted molar refractivity (Wildman–Crippen MR) is 44.9 cm³/mol. The summed E-state index contributed by atoms with van der Waals surface area (Å²) in [5, 5.41) is 14.6. The second kappa shape index (κ2) is 22.7. The number of carbonyl (C=O) groups excluding carboxylic acids is 1. The number of hydrogen-bond acceptors (Lipinski definition) is 4. The molecule has 0 aromatic heterocycles. The summed E-state index contributed by atoms with van der Waals surface area (Å²) >= 11 is 0. The van der Waals surface area contributed by atoms with Crippen molar-refractivity contribution in [3.05, 3.63) is 0 Å². The Morgan fingerprint density at radius 1 is 1.33 bits per heavy atom. The summed E-state index contributed by atoms with van der Waals surface area (Å²) in [6.45, 7) is 6.51. The van der Waals surface area contributed by atoms with Gasteiger partial charge in [0.1, 0.15) is 0 Å². The monoisotopic (exact) mass is 170 g/mol. The van der Waals surface area contributed by atoms with Gasteiger partial charge < -0.3 is 4.74 Å². The molecule has 0 rings (SSSR count). The van der Waals surface area contributed by atoms with Crippen molar-refractivity contribution < 1.29 is 9.53 Å². The Bertz CT molecular complexity index is 153. The number of nitrogens with zero attached hydrogens (tertiary/aromatic N) is 2. The fourth-order valence-electron chi connectivity index (χ4n) is 0.203. The number of rotatable bonds is 1. The van der Waals surface area contributed by atoms with E-state index < -0.39 is 0 Å². The lowest BCUT2D eigenvalue weighted by molar-refractivity contribution is -0.140. The first kappa shape index (κ1) is 16.8. The van der Waals surface area contributed by atoms with Crippen LogP contribution in [0.25, 0.3) is 0 Å². The lowest BCUT2D eigenvalue weighted by atomic mass is 10.8. The molecule has 0 fully saturated rings. The minimum Gasteiger partial charge on any atom is -0.466 e. The highest BCUT2D eigenvalue weighted by atomic mass is 16.5. The topological polar surface area (TPSA) is 73.9 Å².